The second kappa shape index (κ2) is 6.08. The van der Waals surface area contributed by atoms with Crippen LogP contribution in [0.1, 0.15) is 32.6 Å². The number of likely N-dealkylation sites (N-methyl/N-ethyl adjacent to an activating group) is 1. The van der Waals surface area contributed by atoms with Crippen LogP contribution in [0.3, 0.4) is 0 Å². The highest BCUT2D eigenvalue weighted by Crippen LogP contribution is 2.25. The summed E-state index contributed by atoms with van der Waals surface area (Å²) >= 11 is 0. The second-order valence-electron chi connectivity index (χ2n) is 4.39. The smallest absolute Gasteiger partial charge is 0.323 e. The van der Waals surface area contributed by atoms with Gasteiger partial charge in [0.25, 0.3) is 0 Å². The molecule has 0 saturated heterocycles. The third-order valence-corrected chi connectivity index (χ3v) is 3.11. The maximum atomic E-state index is 10.7. The van der Waals surface area contributed by atoms with Crippen LogP contribution in [0.2, 0.25) is 0 Å². The maximum Gasteiger partial charge on any atom is 0.323 e. The molecule has 0 aromatic carbocycles. The highest BCUT2D eigenvalue weighted by atomic mass is 16.5. The first-order chi connectivity index (χ1) is 7.13. The standard InChI is InChI=1S/C11H21NO3/c1-8-3-5-9(6-4-8)15-7-10(12-2)11(13)14/h8-10,12H,3-7H2,1-2H3,(H,13,14). The molecule has 0 aromatic rings. The van der Waals surface area contributed by atoms with E-state index in [2.05, 4.69) is 12.2 Å². The molecule has 4 heteroatoms. The molecule has 1 saturated carbocycles. The summed E-state index contributed by atoms with van der Waals surface area (Å²) in [5, 5.41) is 11.5. The minimum absolute atomic E-state index is 0.261. The lowest BCUT2D eigenvalue weighted by Crippen LogP contribution is -2.39. The van der Waals surface area contributed by atoms with Gasteiger partial charge in [0.1, 0.15) is 6.04 Å². The van der Waals surface area contributed by atoms with Gasteiger partial charge in [-0.2, -0.15) is 0 Å². The van der Waals surface area contributed by atoms with E-state index in [9.17, 15) is 4.79 Å². The van der Waals surface area contributed by atoms with Gasteiger partial charge in [-0.15, -0.1) is 0 Å². The molecule has 0 radical (unpaired) electrons. The van der Waals surface area contributed by atoms with Crippen LogP contribution in [-0.2, 0) is 9.53 Å². The molecule has 0 heterocycles. The first-order valence-electron chi connectivity index (χ1n) is 5.65. The number of ether oxygens (including phenoxy) is 1. The van der Waals surface area contributed by atoms with Crippen LogP contribution in [-0.4, -0.2) is 36.9 Å². The Bertz CT molecular complexity index is 200. The van der Waals surface area contributed by atoms with E-state index < -0.39 is 12.0 Å². The lowest BCUT2D eigenvalue weighted by atomic mass is 9.89. The van der Waals surface area contributed by atoms with Crippen LogP contribution < -0.4 is 5.32 Å². The van der Waals surface area contributed by atoms with E-state index in [4.69, 9.17) is 9.84 Å². The Balaban J connectivity index is 2.21. The van der Waals surface area contributed by atoms with Crippen LogP contribution in [0.4, 0.5) is 0 Å². The summed E-state index contributed by atoms with van der Waals surface area (Å²) in [6.45, 7) is 2.52. The minimum Gasteiger partial charge on any atom is -0.480 e. The molecular weight excluding hydrogens is 194 g/mol. The van der Waals surface area contributed by atoms with Gasteiger partial charge >= 0.3 is 5.97 Å². The summed E-state index contributed by atoms with van der Waals surface area (Å²) in [6, 6.07) is -0.579. The van der Waals surface area contributed by atoms with E-state index in [0.29, 0.717) is 0 Å². The summed E-state index contributed by atoms with van der Waals surface area (Å²) in [5.74, 6) is -0.0499. The summed E-state index contributed by atoms with van der Waals surface area (Å²) in [7, 11) is 1.64. The number of carboxylic acids is 1. The van der Waals surface area contributed by atoms with Crippen molar-refractivity contribution in [2.24, 2.45) is 5.92 Å². The van der Waals surface area contributed by atoms with Gasteiger partial charge in [-0.1, -0.05) is 6.92 Å². The summed E-state index contributed by atoms with van der Waals surface area (Å²) in [6.07, 6.45) is 4.79. The summed E-state index contributed by atoms with van der Waals surface area (Å²) < 4.78 is 5.60. The largest absolute Gasteiger partial charge is 0.480 e. The van der Waals surface area contributed by atoms with Gasteiger partial charge in [-0.3, -0.25) is 4.79 Å². The van der Waals surface area contributed by atoms with Crippen molar-refractivity contribution in [2.75, 3.05) is 13.7 Å². The van der Waals surface area contributed by atoms with E-state index >= 15 is 0 Å². The Morgan fingerprint density at radius 2 is 2.07 bits per heavy atom. The monoisotopic (exact) mass is 215 g/mol. The number of rotatable bonds is 5. The molecule has 88 valence electrons. The topological polar surface area (TPSA) is 58.6 Å². The minimum atomic E-state index is -0.846. The molecule has 1 aliphatic carbocycles. The molecule has 0 spiro atoms. The van der Waals surface area contributed by atoms with Crippen LogP contribution >= 0.6 is 0 Å². The average molecular weight is 215 g/mol. The van der Waals surface area contributed by atoms with Gasteiger partial charge < -0.3 is 15.2 Å². The van der Waals surface area contributed by atoms with Crippen molar-refractivity contribution in [1.29, 1.82) is 0 Å². The number of aliphatic carboxylic acids is 1. The lowest BCUT2D eigenvalue weighted by Gasteiger charge is -2.27. The first-order valence-corrected chi connectivity index (χ1v) is 5.65. The van der Waals surface area contributed by atoms with Crippen molar-refractivity contribution in [3.63, 3.8) is 0 Å². The normalized spacial score (nSPS) is 28.7. The Labute approximate surface area is 91.0 Å². The number of hydrogen-bond donors (Lipinski definition) is 2. The molecule has 0 bridgehead atoms. The summed E-state index contributed by atoms with van der Waals surface area (Å²) in [4.78, 5) is 10.7. The van der Waals surface area contributed by atoms with Gasteiger partial charge in [0, 0.05) is 0 Å². The van der Waals surface area contributed by atoms with E-state index in [1.54, 1.807) is 7.05 Å². The van der Waals surface area contributed by atoms with Crippen LogP contribution in [0.5, 0.6) is 0 Å². The molecule has 1 atom stereocenters. The lowest BCUT2D eigenvalue weighted by molar-refractivity contribution is -0.141. The fourth-order valence-electron chi connectivity index (χ4n) is 1.91. The highest BCUT2D eigenvalue weighted by molar-refractivity contribution is 5.73. The van der Waals surface area contributed by atoms with Crippen molar-refractivity contribution in [1.82, 2.24) is 5.32 Å². The molecule has 0 aliphatic heterocycles. The van der Waals surface area contributed by atoms with Gasteiger partial charge in [-0.25, -0.2) is 0 Å². The predicted octanol–water partition coefficient (Wildman–Crippen LogP) is 1.25. The number of carbonyl (C=O) groups is 1. The molecule has 1 unspecified atom stereocenters. The maximum absolute atomic E-state index is 10.7. The van der Waals surface area contributed by atoms with Crippen molar-refractivity contribution in [3.8, 4) is 0 Å². The Hall–Kier alpha value is -0.610. The number of hydrogen-bond acceptors (Lipinski definition) is 3. The zero-order valence-electron chi connectivity index (χ0n) is 9.53. The van der Waals surface area contributed by atoms with E-state index in [0.717, 1.165) is 18.8 Å². The predicted molar refractivity (Wildman–Crippen MR) is 57.9 cm³/mol. The SMILES string of the molecule is CNC(COC1CCC(C)CC1)C(=O)O. The van der Waals surface area contributed by atoms with Crippen molar-refractivity contribution in [3.05, 3.63) is 0 Å². The Morgan fingerprint density at radius 1 is 1.47 bits per heavy atom. The van der Waals surface area contributed by atoms with Gasteiger partial charge in [-0.05, 0) is 38.6 Å². The van der Waals surface area contributed by atoms with Crippen LogP contribution in [0, 0.1) is 5.92 Å². The van der Waals surface area contributed by atoms with Crippen LogP contribution in [0.15, 0.2) is 0 Å². The van der Waals surface area contributed by atoms with E-state index in [-0.39, 0.29) is 12.7 Å². The van der Waals surface area contributed by atoms with Crippen molar-refractivity contribution < 1.29 is 14.6 Å². The third-order valence-electron chi connectivity index (χ3n) is 3.11. The molecule has 2 N–H and O–H groups in total. The fourth-order valence-corrected chi connectivity index (χ4v) is 1.91. The van der Waals surface area contributed by atoms with E-state index in [1.165, 1.54) is 12.8 Å². The summed E-state index contributed by atoms with van der Waals surface area (Å²) in [5.41, 5.74) is 0. The van der Waals surface area contributed by atoms with Gasteiger partial charge in [0.15, 0.2) is 0 Å². The molecule has 1 fully saturated rings. The van der Waals surface area contributed by atoms with Gasteiger partial charge in [0.2, 0.25) is 0 Å². The van der Waals surface area contributed by atoms with Crippen LogP contribution in [0.25, 0.3) is 0 Å². The molecular formula is C11H21NO3. The zero-order valence-corrected chi connectivity index (χ0v) is 9.53. The number of carboxylic acid groups (broad SMARTS) is 1. The average Bonchev–Trinajstić information content (AvgIpc) is 2.21. The molecule has 0 aromatic heterocycles. The zero-order chi connectivity index (χ0) is 11.3. The number of nitrogens with one attached hydrogen (secondary N) is 1. The van der Waals surface area contributed by atoms with E-state index in [1.807, 2.05) is 0 Å². The van der Waals surface area contributed by atoms with Gasteiger partial charge in [0.05, 0.1) is 12.7 Å². The molecule has 1 rings (SSSR count). The second-order valence-corrected chi connectivity index (χ2v) is 4.39. The fraction of sp³-hybridized carbons (Fsp3) is 0.909. The molecule has 1 aliphatic rings. The quantitative estimate of drug-likeness (QED) is 0.724. The third kappa shape index (κ3) is 4.18. The molecule has 0 amide bonds. The molecule has 4 nitrogen and oxygen atoms in total. The van der Waals surface area contributed by atoms with Crippen molar-refractivity contribution >= 4 is 5.97 Å². The first kappa shape index (κ1) is 12.5. The van der Waals surface area contributed by atoms with Crippen molar-refractivity contribution in [2.45, 2.75) is 44.8 Å². The highest BCUT2D eigenvalue weighted by Gasteiger charge is 2.21. The molecule has 15 heavy (non-hydrogen) atoms. The Kier molecular flexibility index (Phi) is 5.05. The Morgan fingerprint density at radius 3 is 2.53 bits per heavy atom.